The van der Waals surface area contributed by atoms with E-state index in [1.165, 1.54) is 0 Å². The van der Waals surface area contributed by atoms with Crippen LogP contribution in [-0.2, 0) is 0 Å². The quantitative estimate of drug-likeness (QED) is 0.508. The van der Waals surface area contributed by atoms with E-state index in [0.29, 0.717) is 40.2 Å². The molecule has 1 aromatic heterocycles. The van der Waals surface area contributed by atoms with E-state index in [2.05, 4.69) is 17.3 Å². The number of anilines is 1. The molecule has 1 amide bonds. The van der Waals surface area contributed by atoms with Crippen molar-refractivity contribution < 1.29 is 14.3 Å². The predicted octanol–water partition coefficient (Wildman–Crippen LogP) is 3.12. The molecule has 0 saturated carbocycles. The highest BCUT2D eigenvalue weighted by Gasteiger charge is 2.22. The lowest BCUT2D eigenvalue weighted by Crippen LogP contribution is -2.38. The lowest BCUT2D eigenvalue weighted by Gasteiger charge is -2.12. The number of hydrogen-bond acceptors (Lipinski definition) is 6. The number of ether oxygens (including phenoxy) is 2. The maximum atomic E-state index is 13.0. The first-order chi connectivity index (χ1) is 14.1. The molecular formula is C21H22N4O4. The molecule has 0 spiro atoms. The topological polar surface area (TPSA) is 108 Å². The first kappa shape index (κ1) is 18.8. The van der Waals surface area contributed by atoms with Crippen LogP contribution in [0.25, 0.3) is 22.0 Å². The van der Waals surface area contributed by atoms with Crippen molar-refractivity contribution in [2.75, 3.05) is 19.1 Å². The van der Waals surface area contributed by atoms with Gasteiger partial charge in [-0.05, 0) is 30.7 Å². The smallest absolute Gasteiger partial charge is 0.345 e. The van der Waals surface area contributed by atoms with Crippen molar-refractivity contribution >= 4 is 22.5 Å². The van der Waals surface area contributed by atoms with Gasteiger partial charge in [-0.25, -0.2) is 4.79 Å². The second-order valence-corrected chi connectivity index (χ2v) is 6.88. The Morgan fingerprint density at radius 1 is 1.14 bits per heavy atom. The van der Waals surface area contributed by atoms with Gasteiger partial charge in [0.1, 0.15) is 0 Å². The van der Waals surface area contributed by atoms with E-state index in [1.54, 1.807) is 36.4 Å². The third-order valence-electron chi connectivity index (χ3n) is 4.82. The Labute approximate surface area is 167 Å². The Kier molecular flexibility index (Phi) is 5.07. The van der Waals surface area contributed by atoms with Crippen molar-refractivity contribution in [1.82, 2.24) is 15.1 Å². The monoisotopic (exact) mass is 394 g/mol. The number of nitrogens with one attached hydrogen (secondary N) is 1. The maximum absolute atomic E-state index is 13.0. The van der Waals surface area contributed by atoms with Gasteiger partial charge in [-0.2, -0.15) is 5.10 Å². The summed E-state index contributed by atoms with van der Waals surface area (Å²) in [6, 6.07) is 9.87. The van der Waals surface area contributed by atoms with E-state index in [4.69, 9.17) is 15.2 Å². The summed E-state index contributed by atoms with van der Waals surface area (Å²) in [7, 11) is 0. The highest BCUT2D eigenvalue weighted by Crippen LogP contribution is 2.37. The fraction of sp³-hybridized carbons (Fsp3) is 0.286. The zero-order valence-corrected chi connectivity index (χ0v) is 16.1. The van der Waals surface area contributed by atoms with E-state index >= 15 is 0 Å². The summed E-state index contributed by atoms with van der Waals surface area (Å²) in [4.78, 5) is 25.7. The number of rotatable bonds is 5. The molecule has 0 saturated heterocycles. The van der Waals surface area contributed by atoms with Gasteiger partial charge in [-0.1, -0.05) is 31.9 Å². The van der Waals surface area contributed by atoms with Gasteiger partial charge in [0, 0.05) is 23.2 Å². The summed E-state index contributed by atoms with van der Waals surface area (Å²) in [6.45, 7) is 2.65. The molecule has 1 aliphatic heterocycles. The average Bonchev–Trinajstić information content (AvgIpc) is 3.19. The normalized spacial score (nSPS) is 12.3. The van der Waals surface area contributed by atoms with Crippen LogP contribution in [0.1, 0.15) is 26.2 Å². The van der Waals surface area contributed by atoms with Crippen LogP contribution >= 0.6 is 0 Å². The third-order valence-corrected chi connectivity index (χ3v) is 4.82. The van der Waals surface area contributed by atoms with E-state index in [1.807, 2.05) is 0 Å². The van der Waals surface area contributed by atoms with Crippen molar-refractivity contribution in [2.45, 2.75) is 26.2 Å². The van der Waals surface area contributed by atoms with Crippen LogP contribution in [-0.4, -0.2) is 29.1 Å². The van der Waals surface area contributed by atoms with Gasteiger partial charge in [-0.15, -0.1) is 4.68 Å². The molecule has 0 fully saturated rings. The van der Waals surface area contributed by atoms with Crippen molar-refractivity contribution in [3.05, 3.63) is 46.8 Å². The molecule has 3 aromatic rings. The molecule has 8 nitrogen and oxygen atoms in total. The average molecular weight is 394 g/mol. The molecule has 150 valence electrons. The van der Waals surface area contributed by atoms with Gasteiger partial charge in [0.25, 0.3) is 5.56 Å². The molecule has 2 aromatic carbocycles. The lowest BCUT2D eigenvalue weighted by atomic mass is 10.0. The number of carbonyl (C=O) groups excluding carboxylic acids is 1. The minimum absolute atomic E-state index is 0.0857. The highest BCUT2D eigenvalue weighted by molar-refractivity contribution is 5.97. The fourth-order valence-corrected chi connectivity index (χ4v) is 3.27. The molecule has 0 unspecified atom stereocenters. The van der Waals surface area contributed by atoms with Gasteiger partial charge in [0.15, 0.2) is 11.5 Å². The molecule has 0 atom stereocenters. The second kappa shape index (κ2) is 7.83. The maximum Gasteiger partial charge on any atom is 0.345 e. The number of nitrogens with zero attached hydrogens (tertiary/aromatic N) is 2. The summed E-state index contributed by atoms with van der Waals surface area (Å²) < 4.78 is 11.7. The molecule has 0 radical (unpaired) electrons. The number of carbonyl (C=O) groups is 1. The molecule has 3 N–H and O–H groups in total. The number of aromatic nitrogens is 2. The minimum Gasteiger partial charge on any atom is -0.454 e. The summed E-state index contributed by atoms with van der Waals surface area (Å²) >= 11 is 0. The van der Waals surface area contributed by atoms with Crippen molar-refractivity contribution in [3.63, 3.8) is 0 Å². The zero-order chi connectivity index (χ0) is 20.4. The van der Waals surface area contributed by atoms with Crippen LogP contribution < -0.4 is 26.1 Å². The van der Waals surface area contributed by atoms with Gasteiger partial charge in [0.05, 0.1) is 11.1 Å². The Bertz CT molecular complexity index is 1120. The Morgan fingerprint density at radius 2 is 1.83 bits per heavy atom. The van der Waals surface area contributed by atoms with Crippen molar-refractivity contribution in [2.24, 2.45) is 0 Å². The Balaban J connectivity index is 1.85. The number of amides is 1. The van der Waals surface area contributed by atoms with Crippen molar-refractivity contribution in [1.29, 1.82) is 0 Å². The van der Waals surface area contributed by atoms with Crippen LogP contribution in [0.4, 0.5) is 10.5 Å². The van der Waals surface area contributed by atoms with Crippen LogP contribution in [0.2, 0.25) is 0 Å². The van der Waals surface area contributed by atoms with Gasteiger partial charge < -0.3 is 20.5 Å². The molecule has 8 heteroatoms. The molecule has 0 aliphatic carbocycles. The summed E-state index contributed by atoms with van der Waals surface area (Å²) in [5, 5.41) is 8.06. The first-order valence-electron chi connectivity index (χ1n) is 9.59. The van der Waals surface area contributed by atoms with Crippen LogP contribution in [0.3, 0.4) is 0 Å². The van der Waals surface area contributed by atoms with Gasteiger partial charge in [-0.3, -0.25) is 4.79 Å². The summed E-state index contributed by atoms with van der Waals surface area (Å²) in [6.07, 6.45) is 2.88. The summed E-state index contributed by atoms with van der Waals surface area (Å²) in [5.41, 5.74) is 7.12. The van der Waals surface area contributed by atoms with E-state index in [0.717, 1.165) is 29.5 Å². The second-order valence-electron chi connectivity index (χ2n) is 6.88. The molecule has 29 heavy (non-hydrogen) atoms. The van der Waals surface area contributed by atoms with Gasteiger partial charge >= 0.3 is 6.03 Å². The number of nitrogen functional groups attached to an aromatic ring is 1. The van der Waals surface area contributed by atoms with E-state index in [-0.39, 0.29) is 6.79 Å². The van der Waals surface area contributed by atoms with Crippen molar-refractivity contribution in [3.8, 4) is 22.8 Å². The highest BCUT2D eigenvalue weighted by atomic mass is 16.7. The number of benzene rings is 2. The largest absolute Gasteiger partial charge is 0.454 e. The van der Waals surface area contributed by atoms with E-state index < -0.39 is 11.6 Å². The Hall–Kier alpha value is -3.55. The Morgan fingerprint density at radius 3 is 2.52 bits per heavy atom. The standard InChI is InChI=1S/C21H22N4O4/c1-2-3-4-9-23-21(27)25-20(26)16-11-18-17(28-12-29-18)10-15(16)19(24-25)13-5-7-14(22)8-6-13/h5-8,10-11H,2-4,9,12,22H2,1H3,(H,23,27). The minimum atomic E-state index is -0.553. The first-order valence-corrected chi connectivity index (χ1v) is 9.59. The van der Waals surface area contributed by atoms with Crippen LogP contribution in [0.5, 0.6) is 11.5 Å². The fourth-order valence-electron chi connectivity index (χ4n) is 3.27. The zero-order valence-electron chi connectivity index (χ0n) is 16.1. The number of hydrogen-bond donors (Lipinski definition) is 2. The predicted molar refractivity (Wildman–Crippen MR) is 110 cm³/mol. The van der Waals surface area contributed by atoms with Crippen LogP contribution in [0, 0.1) is 0 Å². The molecule has 4 rings (SSSR count). The third kappa shape index (κ3) is 3.61. The SMILES string of the molecule is CCCCCNC(=O)n1nc(-c2ccc(N)cc2)c2cc3c(cc2c1=O)OCO3. The molecular weight excluding hydrogens is 372 g/mol. The number of nitrogens with two attached hydrogens (primary N) is 1. The molecule has 2 heterocycles. The number of fused-ring (bicyclic) bond motifs is 2. The van der Waals surface area contributed by atoms with E-state index in [9.17, 15) is 9.59 Å². The van der Waals surface area contributed by atoms with Gasteiger partial charge in [0.2, 0.25) is 6.79 Å². The van der Waals surface area contributed by atoms with Crippen LogP contribution in [0.15, 0.2) is 41.2 Å². The molecule has 1 aliphatic rings. The summed E-state index contributed by atoms with van der Waals surface area (Å²) in [5.74, 6) is 1.01. The number of unbranched alkanes of at least 4 members (excludes halogenated alkanes) is 2. The lowest BCUT2D eigenvalue weighted by molar-refractivity contribution is 0.174. The molecule has 0 bridgehead atoms.